The largest absolute Gasteiger partial charge is 0.313 e. The first-order valence-corrected chi connectivity index (χ1v) is 6.37. The van der Waals surface area contributed by atoms with E-state index in [1.807, 2.05) is 6.08 Å². The summed E-state index contributed by atoms with van der Waals surface area (Å²) in [6.07, 6.45) is 4.53. The van der Waals surface area contributed by atoms with E-state index in [2.05, 4.69) is 24.1 Å². The molecule has 0 aromatic heterocycles. The quantitative estimate of drug-likeness (QED) is 0.798. The van der Waals surface area contributed by atoms with Crippen molar-refractivity contribution in [2.24, 2.45) is 5.92 Å². The number of rotatable bonds is 4. The molecule has 1 fully saturated rings. The monoisotopic (exact) mass is 230 g/mol. The molecule has 1 rings (SSSR count). The fourth-order valence-corrected chi connectivity index (χ4v) is 2.24. The highest BCUT2D eigenvalue weighted by atomic mass is 35.5. The van der Waals surface area contributed by atoms with Gasteiger partial charge >= 0.3 is 0 Å². The number of halogens is 1. The first-order valence-electron chi connectivity index (χ1n) is 5.93. The van der Waals surface area contributed by atoms with Crippen LogP contribution in [0.15, 0.2) is 11.6 Å². The second-order valence-electron chi connectivity index (χ2n) is 4.76. The first kappa shape index (κ1) is 13.0. The van der Waals surface area contributed by atoms with E-state index < -0.39 is 0 Å². The Morgan fingerprint density at radius 2 is 2.33 bits per heavy atom. The molecule has 0 bridgehead atoms. The third-order valence-electron chi connectivity index (χ3n) is 2.77. The van der Waals surface area contributed by atoms with E-state index in [1.54, 1.807) is 5.54 Å². The molecular formula is C12H23ClN2. The lowest BCUT2D eigenvalue weighted by Crippen LogP contribution is -2.38. The summed E-state index contributed by atoms with van der Waals surface area (Å²) >= 11 is 5.56. The Morgan fingerprint density at radius 3 is 3.00 bits per heavy atom. The lowest BCUT2D eigenvalue weighted by Gasteiger charge is -2.24. The number of hydrogen-bond donors (Lipinski definition) is 1. The molecule has 0 spiro atoms. The summed E-state index contributed by atoms with van der Waals surface area (Å²) in [6, 6.07) is 0.649. The molecule has 0 aliphatic carbocycles. The maximum Gasteiger partial charge on any atom is 0.0197 e. The number of nitrogens with one attached hydrogen (secondary N) is 1. The minimum Gasteiger partial charge on any atom is -0.313 e. The van der Waals surface area contributed by atoms with Crippen molar-refractivity contribution in [1.29, 1.82) is 0 Å². The SMILES string of the molecule is CC(C)CC1CN(C/C=C/Cl)CCCN1. The lowest BCUT2D eigenvalue weighted by atomic mass is 10.0. The third kappa shape index (κ3) is 5.55. The molecule has 1 heterocycles. The van der Waals surface area contributed by atoms with Crippen LogP contribution in [0.1, 0.15) is 26.7 Å². The van der Waals surface area contributed by atoms with Crippen molar-refractivity contribution in [3.05, 3.63) is 11.6 Å². The topological polar surface area (TPSA) is 15.3 Å². The summed E-state index contributed by atoms with van der Waals surface area (Å²) in [7, 11) is 0. The predicted octanol–water partition coefficient (Wildman–Crippen LogP) is 2.45. The summed E-state index contributed by atoms with van der Waals surface area (Å²) in [4.78, 5) is 2.48. The van der Waals surface area contributed by atoms with Crippen LogP contribution in [0, 0.1) is 5.92 Å². The molecule has 0 radical (unpaired) electrons. The van der Waals surface area contributed by atoms with Gasteiger partial charge in [-0.3, -0.25) is 4.90 Å². The molecule has 1 saturated heterocycles. The zero-order valence-corrected chi connectivity index (χ0v) is 10.6. The molecule has 0 aromatic rings. The standard InChI is InChI=1S/C12H23ClN2/c1-11(2)9-12-10-15(7-3-5-13)8-4-6-14-12/h3,5,11-12,14H,4,6-10H2,1-2H3/b5-3+. The van der Waals surface area contributed by atoms with Gasteiger partial charge in [-0.1, -0.05) is 31.5 Å². The summed E-state index contributed by atoms with van der Waals surface area (Å²) in [5.41, 5.74) is 1.62. The summed E-state index contributed by atoms with van der Waals surface area (Å²) in [5.74, 6) is 0.769. The van der Waals surface area contributed by atoms with E-state index >= 15 is 0 Å². The molecule has 1 unspecified atom stereocenters. The highest BCUT2D eigenvalue weighted by molar-refractivity contribution is 6.25. The molecule has 1 aliphatic heterocycles. The zero-order valence-electron chi connectivity index (χ0n) is 9.88. The van der Waals surface area contributed by atoms with Gasteiger partial charge in [-0.05, 0) is 31.8 Å². The number of nitrogens with zero attached hydrogens (tertiary/aromatic N) is 1. The Labute approximate surface area is 98.7 Å². The average molecular weight is 231 g/mol. The van der Waals surface area contributed by atoms with Gasteiger partial charge in [0.15, 0.2) is 0 Å². The van der Waals surface area contributed by atoms with Gasteiger partial charge in [-0.2, -0.15) is 0 Å². The molecule has 1 atom stereocenters. The molecule has 15 heavy (non-hydrogen) atoms. The molecule has 1 N–H and O–H groups in total. The van der Waals surface area contributed by atoms with Gasteiger partial charge in [-0.15, -0.1) is 0 Å². The van der Waals surface area contributed by atoms with Crippen LogP contribution in [-0.2, 0) is 0 Å². The van der Waals surface area contributed by atoms with Crippen LogP contribution in [0.5, 0.6) is 0 Å². The molecule has 88 valence electrons. The summed E-state index contributed by atoms with van der Waals surface area (Å²) in [5, 5.41) is 3.62. The van der Waals surface area contributed by atoms with E-state index in [9.17, 15) is 0 Å². The van der Waals surface area contributed by atoms with Crippen molar-refractivity contribution in [3.63, 3.8) is 0 Å². The van der Waals surface area contributed by atoms with E-state index in [0.29, 0.717) is 6.04 Å². The average Bonchev–Trinajstić information content (AvgIpc) is 2.39. The van der Waals surface area contributed by atoms with Crippen molar-refractivity contribution in [3.8, 4) is 0 Å². The molecule has 0 amide bonds. The van der Waals surface area contributed by atoms with E-state index in [4.69, 9.17) is 11.6 Å². The van der Waals surface area contributed by atoms with Crippen molar-refractivity contribution in [2.75, 3.05) is 26.2 Å². The van der Waals surface area contributed by atoms with Gasteiger partial charge in [-0.25, -0.2) is 0 Å². The van der Waals surface area contributed by atoms with Gasteiger partial charge in [0.2, 0.25) is 0 Å². The third-order valence-corrected chi connectivity index (χ3v) is 2.95. The van der Waals surface area contributed by atoms with Crippen LogP contribution in [0.25, 0.3) is 0 Å². The van der Waals surface area contributed by atoms with E-state index in [1.165, 1.54) is 19.4 Å². The van der Waals surface area contributed by atoms with Crippen molar-refractivity contribution < 1.29 is 0 Å². The van der Waals surface area contributed by atoms with Crippen molar-refractivity contribution in [1.82, 2.24) is 10.2 Å². The Kier molecular flexibility index (Phi) is 6.30. The summed E-state index contributed by atoms with van der Waals surface area (Å²) in [6.45, 7) is 9.05. The fraction of sp³-hybridized carbons (Fsp3) is 0.833. The van der Waals surface area contributed by atoms with E-state index in [0.717, 1.165) is 25.6 Å². The normalized spacial score (nSPS) is 24.9. The van der Waals surface area contributed by atoms with Crippen molar-refractivity contribution in [2.45, 2.75) is 32.7 Å². The van der Waals surface area contributed by atoms with Crippen LogP contribution >= 0.6 is 11.6 Å². The minimum absolute atomic E-state index is 0.649. The maximum absolute atomic E-state index is 5.56. The highest BCUT2D eigenvalue weighted by Gasteiger charge is 2.17. The zero-order chi connectivity index (χ0) is 11.1. The van der Waals surface area contributed by atoms with Gasteiger partial charge in [0.25, 0.3) is 0 Å². The number of hydrogen-bond acceptors (Lipinski definition) is 2. The first-order chi connectivity index (χ1) is 7.22. The van der Waals surface area contributed by atoms with Gasteiger partial charge in [0.1, 0.15) is 0 Å². The molecule has 3 heteroatoms. The molecular weight excluding hydrogens is 208 g/mol. The maximum atomic E-state index is 5.56. The predicted molar refractivity (Wildman–Crippen MR) is 67.3 cm³/mol. The van der Waals surface area contributed by atoms with Crippen LogP contribution in [-0.4, -0.2) is 37.1 Å². The van der Waals surface area contributed by atoms with Gasteiger partial charge < -0.3 is 5.32 Å². The second-order valence-corrected chi connectivity index (χ2v) is 5.01. The molecule has 2 nitrogen and oxygen atoms in total. The lowest BCUT2D eigenvalue weighted by molar-refractivity contribution is 0.278. The van der Waals surface area contributed by atoms with Crippen LogP contribution < -0.4 is 5.32 Å². The minimum atomic E-state index is 0.649. The Hall–Kier alpha value is -0.0500. The van der Waals surface area contributed by atoms with E-state index in [-0.39, 0.29) is 0 Å². The smallest absolute Gasteiger partial charge is 0.0197 e. The summed E-state index contributed by atoms with van der Waals surface area (Å²) < 4.78 is 0. The Morgan fingerprint density at radius 1 is 1.53 bits per heavy atom. The highest BCUT2D eigenvalue weighted by Crippen LogP contribution is 2.09. The van der Waals surface area contributed by atoms with Gasteiger partial charge in [0, 0.05) is 24.7 Å². The fourth-order valence-electron chi connectivity index (χ4n) is 2.16. The molecule has 1 aliphatic rings. The van der Waals surface area contributed by atoms with Crippen LogP contribution in [0.3, 0.4) is 0 Å². The van der Waals surface area contributed by atoms with Crippen LogP contribution in [0.2, 0.25) is 0 Å². The Balaban J connectivity index is 2.38. The second kappa shape index (κ2) is 7.26. The van der Waals surface area contributed by atoms with Crippen molar-refractivity contribution >= 4 is 11.6 Å². The van der Waals surface area contributed by atoms with Gasteiger partial charge in [0.05, 0.1) is 0 Å². The Bertz CT molecular complexity index is 192. The molecule has 0 aromatic carbocycles. The molecule has 0 saturated carbocycles. The van der Waals surface area contributed by atoms with Crippen LogP contribution in [0.4, 0.5) is 0 Å².